The molecule has 0 saturated carbocycles. The summed E-state index contributed by atoms with van der Waals surface area (Å²) in [5, 5.41) is 2.11. The van der Waals surface area contributed by atoms with Crippen molar-refractivity contribution in [1.82, 2.24) is 9.97 Å². The Labute approximate surface area is 284 Å². The number of benzene rings is 7. The highest BCUT2D eigenvalue weighted by molar-refractivity contribution is 6.07. The average molecular weight is 627 g/mol. The van der Waals surface area contributed by atoms with Gasteiger partial charge in [-0.25, -0.2) is 9.97 Å². The van der Waals surface area contributed by atoms with Crippen LogP contribution >= 0.6 is 0 Å². The lowest BCUT2D eigenvalue weighted by Crippen LogP contribution is -1.95. The molecule has 0 bridgehead atoms. The fourth-order valence-corrected chi connectivity index (χ4v) is 6.53. The topological polar surface area (TPSA) is 38.9 Å². The maximum absolute atomic E-state index is 6.39. The fourth-order valence-electron chi connectivity index (χ4n) is 6.53. The number of fused-ring (bicyclic) bond motifs is 3. The second-order valence-electron chi connectivity index (χ2n) is 12.2. The Morgan fingerprint density at radius 3 is 1.24 bits per heavy atom. The predicted molar refractivity (Wildman–Crippen MR) is 202 cm³/mol. The summed E-state index contributed by atoms with van der Waals surface area (Å²) in [6, 6.07) is 63.3. The molecule has 49 heavy (non-hydrogen) atoms. The summed E-state index contributed by atoms with van der Waals surface area (Å²) < 4.78 is 6.39. The Morgan fingerprint density at radius 1 is 0.286 bits per heavy atom. The minimum atomic E-state index is 0.683. The van der Waals surface area contributed by atoms with Crippen LogP contribution in [0.3, 0.4) is 0 Å². The number of hydrogen-bond donors (Lipinski definition) is 0. The van der Waals surface area contributed by atoms with Crippen molar-refractivity contribution < 1.29 is 4.42 Å². The third-order valence-electron chi connectivity index (χ3n) is 9.14. The highest BCUT2D eigenvalue weighted by atomic mass is 16.3. The van der Waals surface area contributed by atoms with Gasteiger partial charge in [0.2, 0.25) is 0 Å². The molecule has 2 heterocycles. The van der Waals surface area contributed by atoms with E-state index in [0.29, 0.717) is 5.82 Å². The van der Waals surface area contributed by atoms with Gasteiger partial charge in [0.15, 0.2) is 5.82 Å². The molecule has 3 heteroatoms. The van der Waals surface area contributed by atoms with Crippen molar-refractivity contribution in [3.8, 4) is 67.3 Å². The largest absolute Gasteiger partial charge is 0.456 e. The summed E-state index contributed by atoms with van der Waals surface area (Å²) in [6.45, 7) is 0. The maximum atomic E-state index is 6.39. The Morgan fingerprint density at radius 2 is 0.714 bits per heavy atom. The molecule has 0 atom stereocenters. The summed E-state index contributed by atoms with van der Waals surface area (Å²) in [7, 11) is 0. The molecule has 230 valence electrons. The van der Waals surface area contributed by atoms with Crippen LogP contribution in [0.1, 0.15) is 0 Å². The van der Waals surface area contributed by atoms with Gasteiger partial charge < -0.3 is 4.42 Å². The number of hydrogen-bond acceptors (Lipinski definition) is 3. The van der Waals surface area contributed by atoms with Gasteiger partial charge in [-0.2, -0.15) is 0 Å². The van der Waals surface area contributed by atoms with Crippen LogP contribution in [-0.2, 0) is 0 Å². The second kappa shape index (κ2) is 12.2. The van der Waals surface area contributed by atoms with E-state index in [-0.39, 0.29) is 0 Å². The number of aromatic nitrogens is 2. The Kier molecular flexibility index (Phi) is 7.14. The first-order chi connectivity index (χ1) is 24.2. The lowest BCUT2D eigenvalue weighted by Gasteiger charge is -2.09. The zero-order valence-electron chi connectivity index (χ0n) is 26.6. The number of nitrogens with zero attached hydrogens (tertiary/aromatic N) is 2. The lowest BCUT2D eigenvalue weighted by atomic mass is 9.97. The summed E-state index contributed by atoms with van der Waals surface area (Å²) in [5.74, 6) is 0.683. The van der Waals surface area contributed by atoms with Crippen LogP contribution in [0.2, 0.25) is 0 Å². The monoisotopic (exact) mass is 626 g/mol. The number of rotatable bonds is 6. The molecular weight excluding hydrogens is 597 g/mol. The van der Waals surface area contributed by atoms with E-state index in [9.17, 15) is 0 Å². The molecule has 0 aliphatic heterocycles. The molecule has 9 rings (SSSR count). The smallest absolute Gasteiger partial charge is 0.160 e. The van der Waals surface area contributed by atoms with E-state index >= 15 is 0 Å². The molecule has 0 N–H and O–H groups in total. The van der Waals surface area contributed by atoms with Gasteiger partial charge in [0, 0.05) is 27.5 Å². The van der Waals surface area contributed by atoms with Crippen LogP contribution in [0, 0.1) is 0 Å². The summed E-state index contributed by atoms with van der Waals surface area (Å²) in [4.78, 5) is 10.1. The van der Waals surface area contributed by atoms with E-state index in [0.717, 1.165) is 61.1 Å². The first kappa shape index (κ1) is 28.6. The van der Waals surface area contributed by atoms with E-state index < -0.39 is 0 Å². The van der Waals surface area contributed by atoms with E-state index in [2.05, 4.69) is 133 Å². The molecule has 0 unspecified atom stereocenters. The highest BCUT2D eigenvalue weighted by Crippen LogP contribution is 2.36. The van der Waals surface area contributed by atoms with Crippen LogP contribution in [0.5, 0.6) is 0 Å². The second-order valence-corrected chi connectivity index (χ2v) is 12.2. The predicted octanol–water partition coefficient (Wildman–Crippen LogP) is 12.4. The molecule has 0 aliphatic carbocycles. The molecule has 0 spiro atoms. The molecule has 0 radical (unpaired) electrons. The van der Waals surface area contributed by atoms with Crippen LogP contribution in [0.25, 0.3) is 89.2 Å². The van der Waals surface area contributed by atoms with Crippen LogP contribution < -0.4 is 0 Å². The first-order valence-electron chi connectivity index (χ1n) is 16.5. The van der Waals surface area contributed by atoms with E-state index in [4.69, 9.17) is 14.4 Å². The van der Waals surface area contributed by atoms with Crippen LogP contribution in [-0.4, -0.2) is 9.97 Å². The Balaban J connectivity index is 1.04. The van der Waals surface area contributed by atoms with Gasteiger partial charge in [-0.1, -0.05) is 146 Å². The van der Waals surface area contributed by atoms with Gasteiger partial charge in [0.25, 0.3) is 0 Å². The molecule has 0 amide bonds. The third kappa shape index (κ3) is 5.58. The highest BCUT2D eigenvalue weighted by Gasteiger charge is 2.14. The number of furan rings is 1. The minimum absolute atomic E-state index is 0.683. The summed E-state index contributed by atoms with van der Waals surface area (Å²) in [6.07, 6.45) is 0. The Hall–Kier alpha value is -6.58. The molecule has 7 aromatic carbocycles. The quantitative estimate of drug-likeness (QED) is 0.184. The van der Waals surface area contributed by atoms with Crippen molar-refractivity contribution in [3.05, 3.63) is 182 Å². The molecular formula is C46H30N2O. The van der Waals surface area contributed by atoms with Crippen LogP contribution in [0.15, 0.2) is 186 Å². The van der Waals surface area contributed by atoms with Gasteiger partial charge in [-0.05, 0) is 69.8 Å². The van der Waals surface area contributed by atoms with Crippen molar-refractivity contribution in [2.45, 2.75) is 0 Å². The summed E-state index contributed by atoms with van der Waals surface area (Å²) in [5.41, 5.74) is 13.6. The third-order valence-corrected chi connectivity index (χ3v) is 9.14. The standard InChI is InChI=1S/C46H30N2O/c1-4-10-31(11-5-1)32-16-18-33(19-17-32)34-20-22-35(23-21-34)38-24-26-40-41-28-39(25-27-44(41)49-45(40)29-38)46-47-42(36-12-6-2-7-13-36)30-43(48-46)37-14-8-3-9-15-37/h1-30H. The fraction of sp³-hybridized carbons (Fsp3) is 0. The van der Waals surface area contributed by atoms with Gasteiger partial charge in [0.1, 0.15) is 11.2 Å². The van der Waals surface area contributed by atoms with Gasteiger partial charge >= 0.3 is 0 Å². The molecule has 2 aromatic heterocycles. The molecule has 0 fully saturated rings. The van der Waals surface area contributed by atoms with Crippen molar-refractivity contribution in [2.24, 2.45) is 0 Å². The zero-order chi connectivity index (χ0) is 32.6. The van der Waals surface area contributed by atoms with E-state index in [1.54, 1.807) is 0 Å². The average Bonchev–Trinajstić information content (AvgIpc) is 3.56. The Bertz CT molecular complexity index is 2500. The van der Waals surface area contributed by atoms with Gasteiger partial charge in [-0.15, -0.1) is 0 Å². The van der Waals surface area contributed by atoms with Gasteiger partial charge in [-0.3, -0.25) is 0 Å². The maximum Gasteiger partial charge on any atom is 0.160 e. The van der Waals surface area contributed by atoms with Crippen molar-refractivity contribution in [3.63, 3.8) is 0 Å². The van der Waals surface area contributed by atoms with Gasteiger partial charge in [0.05, 0.1) is 11.4 Å². The molecule has 9 aromatic rings. The van der Waals surface area contributed by atoms with Crippen LogP contribution in [0.4, 0.5) is 0 Å². The molecule has 0 aliphatic rings. The van der Waals surface area contributed by atoms with Crippen molar-refractivity contribution in [1.29, 1.82) is 0 Å². The summed E-state index contributed by atoms with van der Waals surface area (Å²) >= 11 is 0. The zero-order valence-corrected chi connectivity index (χ0v) is 26.6. The molecule has 3 nitrogen and oxygen atoms in total. The first-order valence-corrected chi connectivity index (χ1v) is 16.5. The lowest BCUT2D eigenvalue weighted by molar-refractivity contribution is 0.669. The van der Waals surface area contributed by atoms with E-state index in [1.165, 1.54) is 22.3 Å². The normalized spacial score (nSPS) is 11.3. The molecule has 0 saturated heterocycles. The van der Waals surface area contributed by atoms with Crippen molar-refractivity contribution in [2.75, 3.05) is 0 Å². The van der Waals surface area contributed by atoms with E-state index in [1.807, 2.05) is 48.5 Å². The van der Waals surface area contributed by atoms with Crippen molar-refractivity contribution >= 4 is 21.9 Å². The minimum Gasteiger partial charge on any atom is -0.456 e. The SMILES string of the molecule is c1ccc(-c2ccc(-c3ccc(-c4ccc5c(c4)oc4ccc(-c6nc(-c7ccccc7)cc(-c7ccccc7)n6)cc45)cc3)cc2)cc1.